The van der Waals surface area contributed by atoms with E-state index in [0.717, 1.165) is 0 Å². The average Bonchev–Trinajstić information content (AvgIpc) is 1.68. The first-order valence-corrected chi connectivity index (χ1v) is 2.16. The number of nitrogens with zero attached hydrogens (tertiary/aromatic N) is 1. The molecule has 0 aromatic heterocycles. The van der Waals surface area contributed by atoms with Crippen LogP contribution < -0.4 is 10.9 Å². The first-order valence-electron chi connectivity index (χ1n) is 2.16. The van der Waals surface area contributed by atoms with Gasteiger partial charge in [0.25, 0.3) is 0 Å². The Morgan fingerprint density at radius 2 is 2.43 bits per heavy atom. The molecule has 3 nitrogen and oxygen atoms in total. The lowest BCUT2D eigenvalue weighted by Crippen LogP contribution is -2.42. The zero-order chi connectivity index (χ0) is 5.70. The summed E-state index contributed by atoms with van der Waals surface area (Å²) in [6.45, 7) is -0.0926. The summed E-state index contributed by atoms with van der Waals surface area (Å²) in [4.78, 5) is 3.69. The van der Waals surface area contributed by atoms with Gasteiger partial charge in [-0.25, -0.2) is 0 Å². The summed E-state index contributed by atoms with van der Waals surface area (Å²) in [5.74, 6) is 0. The van der Waals surface area contributed by atoms with Gasteiger partial charge in [0.15, 0.2) is 0 Å². The van der Waals surface area contributed by atoms with Crippen LogP contribution in [0.15, 0.2) is 4.99 Å². The number of aliphatic imine (C=N–C) groups is 1. The Kier molecular flexibility index (Phi) is 3.64. The summed E-state index contributed by atoms with van der Waals surface area (Å²) in [5.41, 5.74) is 5.32. The molecule has 0 spiro atoms. The van der Waals surface area contributed by atoms with Crippen LogP contribution in [0.4, 0.5) is 0 Å². The van der Waals surface area contributed by atoms with Crippen LogP contribution in [-0.2, 0) is 0 Å². The van der Waals surface area contributed by atoms with Crippen LogP contribution in [0.1, 0.15) is 0 Å². The van der Waals surface area contributed by atoms with Crippen molar-refractivity contribution in [2.24, 2.45) is 10.6 Å². The minimum Gasteiger partial charge on any atom is -0.351 e. The summed E-state index contributed by atoms with van der Waals surface area (Å²) >= 11 is 0. The molecule has 0 bridgehead atoms. The van der Waals surface area contributed by atoms with E-state index in [1.54, 1.807) is 20.2 Å². The maximum atomic E-state index is 5.32. The van der Waals surface area contributed by atoms with Crippen molar-refractivity contribution < 1.29 is 0 Å². The summed E-state index contributed by atoms with van der Waals surface area (Å²) in [5, 5.41) is 2.79. The predicted molar refractivity (Wildman–Crippen MR) is 33.4 cm³/mol. The molecule has 0 aliphatic carbocycles. The standard InChI is InChI=1S/C3H10BN3/c1-6-3-4(5)7-2/h3,7H,5H2,1-2H3. The van der Waals surface area contributed by atoms with E-state index < -0.39 is 0 Å². The van der Waals surface area contributed by atoms with Crippen LogP contribution in [0.5, 0.6) is 0 Å². The zero-order valence-electron chi connectivity index (χ0n) is 4.68. The minimum atomic E-state index is -0.0926. The van der Waals surface area contributed by atoms with Crippen molar-refractivity contribution in [3.05, 3.63) is 0 Å². The van der Waals surface area contributed by atoms with Crippen LogP contribution in [0.25, 0.3) is 0 Å². The lowest BCUT2D eigenvalue weighted by molar-refractivity contribution is 1.21. The highest BCUT2D eigenvalue weighted by atomic mass is 14.8. The number of hydrogen-bond acceptors (Lipinski definition) is 3. The molecule has 0 aliphatic rings. The first kappa shape index (κ1) is 6.65. The quantitative estimate of drug-likeness (QED) is 0.340. The van der Waals surface area contributed by atoms with Crippen LogP contribution >= 0.6 is 0 Å². The van der Waals surface area contributed by atoms with Gasteiger partial charge in [-0.15, -0.1) is 0 Å². The molecule has 0 unspecified atom stereocenters. The number of nitrogens with one attached hydrogen (secondary N) is 1. The van der Waals surface area contributed by atoms with Crippen molar-refractivity contribution in [3.63, 3.8) is 0 Å². The molecular weight excluding hydrogens is 88.9 g/mol. The second kappa shape index (κ2) is 3.83. The van der Waals surface area contributed by atoms with Crippen molar-refractivity contribution >= 4 is 13.1 Å². The minimum absolute atomic E-state index is 0.0926. The van der Waals surface area contributed by atoms with Gasteiger partial charge in [0, 0.05) is 13.2 Å². The van der Waals surface area contributed by atoms with Gasteiger partial charge in [-0.3, -0.25) is 0 Å². The maximum absolute atomic E-state index is 5.32. The zero-order valence-corrected chi connectivity index (χ0v) is 4.68. The molecule has 0 fully saturated rings. The fourth-order valence-corrected chi connectivity index (χ4v) is 0.235. The lowest BCUT2D eigenvalue weighted by Gasteiger charge is -1.92. The molecule has 0 saturated heterocycles. The van der Waals surface area contributed by atoms with E-state index in [2.05, 4.69) is 10.2 Å². The molecule has 0 atom stereocenters. The van der Waals surface area contributed by atoms with Crippen molar-refractivity contribution in [1.82, 2.24) is 5.23 Å². The molecule has 40 valence electrons. The number of rotatable bonds is 2. The van der Waals surface area contributed by atoms with Crippen LogP contribution in [0, 0.1) is 0 Å². The van der Waals surface area contributed by atoms with Gasteiger partial charge in [-0.1, -0.05) is 0 Å². The Hall–Kier alpha value is -0.345. The maximum Gasteiger partial charge on any atom is 0.348 e. The average molecular weight is 98.9 g/mol. The fourth-order valence-electron chi connectivity index (χ4n) is 0.235. The molecule has 0 aliphatic heterocycles. The topological polar surface area (TPSA) is 50.4 Å². The molecule has 0 aromatic rings. The molecule has 0 radical (unpaired) electrons. The normalized spacial score (nSPS) is 10.1. The summed E-state index contributed by atoms with van der Waals surface area (Å²) in [6.07, 6.45) is 1.64. The second-order valence-corrected chi connectivity index (χ2v) is 1.22. The second-order valence-electron chi connectivity index (χ2n) is 1.22. The third-order valence-electron chi connectivity index (χ3n) is 0.643. The summed E-state index contributed by atoms with van der Waals surface area (Å²) in [7, 11) is 3.48. The largest absolute Gasteiger partial charge is 0.351 e. The third-order valence-corrected chi connectivity index (χ3v) is 0.643. The summed E-state index contributed by atoms with van der Waals surface area (Å²) in [6, 6.07) is 0. The van der Waals surface area contributed by atoms with E-state index in [-0.39, 0.29) is 6.98 Å². The van der Waals surface area contributed by atoms with Gasteiger partial charge in [0.05, 0.1) is 0 Å². The highest BCUT2D eigenvalue weighted by Gasteiger charge is 1.95. The van der Waals surface area contributed by atoms with Crippen molar-refractivity contribution in [2.75, 3.05) is 14.1 Å². The molecule has 0 amide bonds. The van der Waals surface area contributed by atoms with Gasteiger partial charge in [0.1, 0.15) is 0 Å². The van der Waals surface area contributed by atoms with Gasteiger partial charge in [-0.05, 0) is 7.05 Å². The van der Waals surface area contributed by atoms with E-state index >= 15 is 0 Å². The molecule has 0 rings (SSSR count). The molecule has 0 saturated carbocycles. The molecule has 7 heavy (non-hydrogen) atoms. The molecule has 4 heteroatoms. The van der Waals surface area contributed by atoms with Gasteiger partial charge < -0.3 is 15.9 Å². The molecule has 0 heterocycles. The Bertz CT molecular complexity index is 63.2. The predicted octanol–water partition coefficient (Wildman–Crippen LogP) is -1.11. The SMILES string of the molecule is CN=CB(N)NC. The number of hydrogen-bond donors (Lipinski definition) is 2. The fraction of sp³-hybridized carbons (Fsp3) is 0.667. The van der Waals surface area contributed by atoms with E-state index in [9.17, 15) is 0 Å². The van der Waals surface area contributed by atoms with E-state index in [1.807, 2.05) is 0 Å². The van der Waals surface area contributed by atoms with Crippen LogP contribution in [0.3, 0.4) is 0 Å². The smallest absolute Gasteiger partial charge is 0.348 e. The number of nitrogens with two attached hydrogens (primary N) is 1. The molecule has 3 N–H and O–H groups in total. The molecule has 0 aromatic carbocycles. The lowest BCUT2D eigenvalue weighted by atomic mass is 9.82. The Morgan fingerprint density at radius 3 is 2.57 bits per heavy atom. The Labute approximate surface area is 44.1 Å². The summed E-state index contributed by atoms with van der Waals surface area (Å²) < 4.78 is 0. The first-order chi connectivity index (χ1) is 3.31. The highest BCUT2D eigenvalue weighted by molar-refractivity contribution is 6.80. The Balaban J connectivity index is 3.16. The van der Waals surface area contributed by atoms with Gasteiger partial charge >= 0.3 is 6.98 Å². The van der Waals surface area contributed by atoms with Crippen molar-refractivity contribution in [1.29, 1.82) is 0 Å². The van der Waals surface area contributed by atoms with Gasteiger partial charge in [0.2, 0.25) is 0 Å². The van der Waals surface area contributed by atoms with E-state index in [4.69, 9.17) is 5.64 Å². The van der Waals surface area contributed by atoms with Crippen molar-refractivity contribution in [2.45, 2.75) is 0 Å². The van der Waals surface area contributed by atoms with Crippen molar-refractivity contribution in [3.8, 4) is 0 Å². The van der Waals surface area contributed by atoms with E-state index in [0.29, 0.717) is 0 Å². The van der Waals surface area contributed by atoms with E-state index in [1.165, 1.54) is 0 Å². The monoisotopic (exact) mass is 99.1 g/mol. The third kappa shape index (κ3) is 3.49. The highest BCUT2D eigenvalue weighted by Crippen LogP contribution is 1.52. The Morgan fingerprint density at radius 1 is 1.86 bits per heavy atom. The van der Waals surface area contributed by atoms with Gasteiger partial charge in [-0.2, -0.15) is 0 Å². The van der Waals surface area contributed by atoms with Crippen LogP contribution in [-0.4, -0.2) is 27.2 Å². The van der Waals surface area contributed by atoms with Crippen LogP contribution in [0.2, 0.25) is 0 Å². The molecular formula is C3H10BN3.